The van der Waals surface area contributed by atoms with Crippen LogP contribution in [0.1, 0.15) is 53.9 Å². The molecule has 2 aromatic carbocycles. The van der Waals surface area contributed by atoms with Crippen LogP contribution in [-0.4, -0.2) is 11.6 Å². The average Bonchev–Trinajstić information content (AvgIpc) is 2.61. The van der Waals surface area contributed by atoms with E-state index < -0.39 is 0 Å². The average molecular weight is 341 g/mol. The van der Waals surface area contributed by atoms with Gasteiger partial charge in [0.05, 0.1) is 0 Å². The van der Waals surface area contributed by atoms with Crippen LogP contribution in [0.3, 0.4) is 0 Å². The summed E-state index contributed by atoms with van der Waals surface area (Å²) in [5.74, 6) is 0.195. The van der Waals surface area contributed by atoms with Crippen molar-refractivity contribution in [1.29, 1.82) is 0 Å². The summed E-state index contributed by atoms with van der Waals surface area (Å²) in [6.07, 6.45) is 3.84. The molecule has 2 atom stereocenters. The van der Waals surface area contributed by atoms with E-state index in [9.17, 15) is 9.59 Å². The van der Waals surface area contributed by atoms with Crippen LogP contribution < -0.4 is 0 Å². The molecule has 0 saturated heterocycles. The second-order valence-corrected chi connectivity index (χ2v) is 6.91. The fourth-order valence-electron chi connectivity index (χ4n) is 3.61. The highest BCUT2D eigenvalue weighted by Gasteiger charge is 2.33. The lowest BCUT2D eigenvalue weighted by Crippen LogP contribution is -2.27. The summed E-state index contributed by atoms with van der Waals surface area (Å²) >= 11 is 6.15. The zero-order valence-corrected chi connectivity index (χ0v) is 14.3. The van der Waals surface area contributed by atoms with Crippen molar-refractivity contribution in [3.8, 4) is 0 Å². The Labute approximate surface area is 147 Å². The molecule has 0 unspecified atom stereocenters. The Hall–Kier alpha value is -1.93. The van der Waals surface area contributed by atoms with E-state index in [1.54, 1.807) is 0 Å². The molecule has 124 valence electrons. The van der Waals surface area contributed by atoms with Gasteiger partial charge < -0.3 is 0 Å². The van der Waals surface area contributed by atoms with Crippen LogP contribution in [0.5, 0.6) is 0 Å². The Kier molecular flexibility index (Phi) is 5.47. The molecule has 3 rings (SSSR count). The quantitative estimate of drug-likeness (QED) is 0.677. The van der Waals surface area contributed by atoms with Crippen molar-refractivity contribution < 1.29 is 9.59 Å². The van der Waals surface area contributed by atoms with Crippen LogP contribution in [0.25, 0.3) is 0 Å². The molecule has 1 aliphatic rings. The number of hydrogen-bond donors (Lipinski definition) is 0. The first kappa shape index (κ1) is 16.9. The standard InChI is InChI=1S/C21H21ClO2/c22-17-10-6-9-16(13-17)19(18-11-4-5-12-20(18)23)14-21(24)15-7-2-1-3-8-15/h1-3,6-10,13,18-19H,4-5,11-12,14H2/t18-,19-/m0/s1. The highest BCUT2D eigenvalue weighted by Crippen LogP contribution is 2.37. The highest BCUT2D eigenvalue weighted by atomic mass is 35.5. The molecule has 0 heterocycles. The maximum atomic E-state index is 12.7. The van der Waals surface area contributed by atoms with Gasteiger partial charge in [-0.2, -0.15) is 0 Å². The van der Waals surface area contributed by atoms with Crippen molar-refractivity contribution in [3.63, 3.8) is 0 Å². The molecule has 0 N–H and O–H groups in total. The Morgan fingerprint density at radius 3 is 2.58 bits per heavy atom. The third-order valence-electron chi connectivity index (χ3n) is 4.87. The summed E-state index contributed by atoms with van der Waals surface area (Å²) in [5, 5.41) is 0.646. The molecule has 24 heavy (non-hydrogen) atoms. The topological polar surface area (TPSA) is 34.1 Å². The van der Waals surface area contributed by atoms with Gasteiger partial charge in [-0.1, -0.05) is 60.5 Å². The largest absolute Gasteiger partial charge is 0.299 e. The van der Waals surface area contributed by atoms with E-state index >= 15 is 0 Å². The zero-order valence-electron chi connectivity index (χ0n) is 13.6. The maximum Gasteiger partial charge on any atom is 0.163 e. The molecule has 1 saturated carbocycles. The molecule has 0 radical (unpaired) electrons. The molecule has 3 heteroatoms. The number of halogens is 1. The van der Waals surface area contributed by atoms with Gasteiger partial charge in [0.1, 0.15) is 5.78 Å². The van der Waals surface area contributed by atoms with E-state index in [4.69, 9.17) is 11.6 Å². The minimum atomic E-state index is -0.0933. The first-order valence-electron chi connectivity index (χ1n) is 8.51. The van der Waals surface area contributed by atoms with E-state index in [1.165, 1.54) is 0 Å². The van der Waals surface area contributed by atoms with Crippen molar-refractivity contribution in [1.82, 2.24) is 0 Å². The minimum absolute atomic E-state index is 0.0788. The van der Waals surface area contributed by atoms with Crippen molar-refractivity contribution in [2.24, 2.45) is 5.92 Å². The van der Waals surface area contributed by atoms with Crippen LogP contribution in [0.15, 0.2) is 54.6 Å². The third-order valence-corrected chi connectivity index (χ3v) is 5.10. The van der Waals surface area contributed by atoms with E-state index in [-0.39, 0.29) is 23.4 Å². The fraction of sp³-hybridized carbons (Fsp3) is 0.333. The SMILES string of the molecule is O=C(C[C@@H](c1cccc(Cl)c1)[C@@H]1CCCCC1=O)c1ccccc1. The van der Waals surface area contributed by atoms with Gasteiger partial charge in [-0.3, -0.25) is 9.59 Å². The van der Waals surface area contributed by atoms with Crippen LogP contribution in [0.4, 0.5) is 0 Å². The lowest BCUT2D eigenvalue weighted by Gasteiger charge is -2.29. The third kappa shape index (κ3) is 3.93. The molecule has 0 bridgehead atoms. The van der Waals surface area contributed by atoms with Gasteiger partial charge in [0.25, 0.3) is 0 Å². The second-order valence-electron chi connectivity index (χ2n) is 6.47. The Balaban J connectivity index is 1.90. The molecular formula is C21H21ClO2. The summed E-state index contributed by atoms with van der Waals surface area (Å²) < 4.78 is 0. The number of Topliss-reactive ketones (excluding diaryl/α,β-unsaturated/α-hetero) is 2. The minimum Gasteiger partial charge on any atom is -0.299 e. The number of carbonyl (C=O) groups excluding carboxylic acids is 2. The van der Waals surface area contributed by atoms with Gasteiger partial charge in [-0.25, -0.2) is 0 Å². The molecule has 0 spiro atoms. The number of hydrogen-bond acceptors (Lipinski definition) is 2. The summed E-state index contributed by atoms with van der Waals surface area (Å²) in [7, 11) is 0. The van der Waals surface area contributed by atoms with Gasteiger partial charge in [-0.15, -0.1) is 0 Å². The predicted octanol–water partition coefficient (Wildman–Crippen LogP) is 5.46. The summed E-state index contributed by atoms with van der Waals surface area (Å²) in [6, 6.07) is 16.9. The van der Waals surface area contributed by atoms with Crippen molar-refractivity contribution in [2.75, 3.05) is 0 Å². The van der Waals surface area contributed by atoms with Gasteiger partial charge in [0, 0.05) is 35.3 Å². The maximum absolute atomic E-state index is 12.7. The molecule has 0 amide bonds. The van der Waals surface area contributed by atoms with Gasteiger partial charge >= 0.3 is 0 Å². The fourth-order valence-corrected chi connectivity index (χ4v) is 3.81. The summed E-state index contributed by atoms with van der Waals surface area (Å²) in [6.45, 7) is 0. The smallest absolute Gasteiger partial charge is 0.163 e. The van der Waals surface area contributed by atoms with E-state index in [0.29, 0.717) is 23.4 Å². The van der Waals surface area contributed by atoms with Crippen LogP contribution in [0, 0.1) is 5.92 Å². The molecule has 2 aromatic rings. The highest BCUT2D eigenvalue weighted by molar-refractivity contribution is 6.30. The normalized spacial score (nSPS) is 19.0. The van der Waals surface area contributed by atoms with Crippen molar-refractivity contribution in [3.05, 3.63) is 70.7 Å². The molecule has 0 aliphatic heterocycles. The summed E-state index contributed by atoms with van der Waals surface area (Å²) in [4.78, 5) is 25.2. The Morgan fingerprint density at radius 1 is 1.08 bits per heavy atom. The molecule has 0 aromatic heterocycles. The van der Waals surface area contributed by atoms with Crippen LogP contribution in [-0.2, 0) is 4.79 Å². The number of benzene rings is 2. The monoisotopic (exact) mass is 340 g/mol. The van der Waals surface area contributed by atoms with E-state index in [0.717, 1.165) is 24.8 Å². The number of carbonyl (C=O) groups is 2. The first-order valence-corrected chi connectivity index (χ1v) is 8.89. The zero-order chi connectivity index (χ0) is 16.9. The van der Waals surface area contributed by atoms with Gasteiger partial charge in [0.15, 0.2) is 5.78 Å². The van der Waals surface area contributed by atoms with E-state index in [2.05, 4.69) is 0 Å². The van der Waals surface area contributed by atoms with E-state index in [1.807, 2.05) is 54.6 Å². The van der Waals surface area contributed by atoms with Crippen molar-refractivity contribution >= 4 is 23.2 Å². The molecular weight excluding hydrogens is 320 g/mol. The van der Waals surface area contributed by atoms with Gasteiger partial charge in [0.2, 0.25) is 0 Å². The molecule has 2 nitrogen and oxygen atoms in total. The number of rotatable bonds is 5. The lowest BCUT2D eigenvalue weighted by molar-refractivity contribution is -0.125. The molecule has 1 fully saturated rings. The lowest BCUT2D eigenvalue weighted by atomic mass is 9.73. The van der Waals surface area contributed by atoms with Crippen LogP contribution in [0.2, 0.25) is 5.02 Å². The number of ketones is 2. The van der Waals surface area contributed by atoms with Crippen LogP contribution >= 0.6 is 11.6 Å². The molecule has 1 aliphatic carbocycles. The van der Waals surface area contributed by atoms with Gasteiger partial charge in [-0.05, 0) is 30.5 Å². The first-order chi connectivity index (χ1) is 11.6. The predicted molar refractivity (Wildman–Crippen MR) is 96.5 cm³/mol. The van der Waals surface area contributed by atoms with Crippen molar-refractivity contribution in [2.45, 2.75) is 38.0 Å². The summed E-state index contributed by atoms with van der Waals surface area (Å²) in [5.41, 5.74) is 1.69. The second kappa shape index (κ2) is 7.76. The Morgan fingerprint density at radius 2 is 1.88 bits per heavy atom. The Bertz CT molecular complexity index is 724.